The lowest BCUT2D eigenvalue weighted by Crippen LogP contribution is -2.30. The Labute approximate surface area is 129 Å². The number of rotatable bonds is 4. The molecule has 0 fully saturated rings. The van der Waals surface area contributed by atoms with Gasteiger partial charge in [-0.05, 0) is 51.7 Å². The number of hydrogen-bond acceptors (Lipinski definition) is 2. The predicted molar refractivity (Wildman–Crippen MR) is 79.3 cm³/mol. The van der Waals surface area contributed by atoms with E-state index < -0.39 is 11.6 Å². The van der Waals surface area contributed by atoms with Gasteiger partial charge in [-0.25, -0.2) is 8.78 Å². The third kappa shape index (κ3) is 3.35. The Morgan fingerprint density at radius 3 is 2.65 bits per heavy atom. The van der Waals surface area contributed by atoms with Crippen molar-refractivity contribution in [3.63, 3.8) is 0 Å². The van der Waals surface area contributed by atoms with Crippen molar-refractivity contribution in [3.05, 3.63) is 68.7 Å². The molecule has 2 aromatic carbocycles. The van der Waals surface area contributed by atoms with Crippen molar-refractivity contribution < 1.29 is 8.78 Å². The average Bonchev–Trinajstić information content (AvgIpc) is 2.43. The fourth-order valence-electron chi connectivity index (χ4n) is 1.97. The number of halogens is 4. The quantitative estimate of drug-likeness (QED) is 0.488. The highest BCUT2D eigenvalue weighted by Gasteiger charge is 2.18. The summed E-state index contributed by atoms with van der Waals surface area (Å²) in [5.41, 5.74) is 4.10. The Balaban J connectivity index is 2.31. The summed E-state index contributed by atoms with van der Waals surface area (Å²) in [6.45, 7) is 0. The smallest absolute Gasteiger partial charge is 0.173 e. The molecule has 6 heteroatoms. The molecule has 106 valence electrons. The van der Waals surface area contributed by atoms with Crippen molar-refractivity contribution in [2.24, 2.45) is 5.84 Å². The molecule has 0 aliphatic heterocycles. The summed E-state index contributed by atoms with van der Waals surface area (Å²) in [7, 11) is 0. The molecule has 2 aromatic rings. The van der Waals surface area contributed by atoms with Crippen LogP contribution in [0.3, 0.4) is 0 Å². The monoisotopic (exact) mass is 360 g/mol. The molecule has 0 radical (unpaired) electrons. The average molecular weight is 362 g/mol. The van der Waals surface area contributed by atoms with Crippen LogP contribution in [0, 0.1) is 11.6 Å². The van der Waals surface area contributed by atoms with Crippen molar-refractivity contribution in [3.8, 4) is 0 Å². The van der Waals surface area contributed by atoms with Crippen LogP contribution >= 0.6 is 27.5 Å². The van der Waals surface area contributed by atoms with Gasteiger partial charge >= 0.3 is 0 Å². The maximum atomic E-state index is 13.6. The molecule has 2 rings (SSSR count). The Morgan fingerprint density at radius 1 is 1.25 bits per heavy atom. The van der Waals surface area contributed by atoms with Crippen molar-refractivity contribution in [1.29, 1.82) is 0 Å². The second-order valence-corrected chi connectivity index (χ2v) is 5.55. The predicted octanol–water partition coefficient (Wildman–Crippen LogP) is 4.13. The largest absolute Gasteiger partial charge is 0.271 e. The third-order valence-corrected chi connectivity index (χ3v) is 4.01. The van der Waals surface area contributed by atoms with Crippen LogP contribution in [0.5, 0.6) is 0 Å². The van der Waals surface area contributed by atoms with Gasteiger partial charge in [0.2, 0.25) is 0 Å². The molecule has 0 aliphatic carbocycles. The molecule has 1 atom stereocenters. The van der Waals surface area contributed by atoms with E-state index in [1.807, 2.05) is 12.1 Å². The lowest BCUT2D eigenvalue weighted by molar-refractivity contribution is 0.491. The van der Waals surface area contributed by atoms with Crippen LogP contribution in [0.25, 0.3) is 0 Å². The van der Waals surface area contributed by atoms with Crippen LogP contribution in [0.15, 0.2) is 40.9 Å². The Bertz CT molecular complexity index is 622. The van der Waals surface area contributed by atoms with Gasteiger partial charge < -0.3 is 0 Å². The van der Waals surface area contributed by atoms with E-state index in [-0.39, 0.29) is 10.5 Å². The zero-order chi connectivity index (χ0) is 14.7. The maximum Gasteiger partial charge on any atom is 0.173 e. The number of nitrogens with one attached hydrogen (secondary N) is 1. The number of hydrogen-bond donors (Lipinski definition) is 2. The molecule has 0 saturated heterocycles. The van der Waals surface area contributed by atoms with Gasteiger partial charge in [0.15, 0.2) is 11.6 Å². The lowest BCUT2D eigenvalue weighted by atomic mass is 9.99. The van der Waals surface area contributed by atoms with Crippen LogP contribution < -0.4 is 11.3 Å². The SMILES string of the molecule is NNC(Cc1cccc(Cl)c1)c1ccc(F)c(F)c1Br. The summed E-state index contributed by atoms with van der Waals surface area (Å²) in [4.78, 5) is 0. The zero-order valence-corrected chi connectivity index (χ0v) is 12.7. The van der Waals surface area contributed by atoms with Crippen LogP contribution in [-0.2, 0) is 6.42 Å². The van der Waals surface area contributed by atoms with Crippen LogP contribution in [-0.4, -0.2) is 0 Å². The lowest BCUT2D eigenvalue weighted by Gasteiger charge is -2.18. The van der Waals surface area contributed by atoms with Gasteiger partial charge in [-0.15, -0.1) is 0 Å². The van der Waals surface area contributed by atoms with E-state index >= 15 is 0 Å². The van der Waals surface area contributed by atoms with E-state index in [0.29, 0.717) is 17.0 Å². The van der Waals surface area contributed by atoms with Crippen molar-refractivity contribution in [2.45, 2.75) is 12.5 Å². The van der Waals surface area contributed by atoms with Gasteiger partial charge in [0.25, 0.3) is 0 Å². The minimum Gasteiger partial charge on any atom is -0.271 e. The molecule has 1 unspecified atom stereocenters. The molecule has 0 aliphatic rings. The van der Waals surface area contributed by atoms with E-state index in [1.165, 1.54) is 6.07 Å². The number of nitrogens with two attached hydrogens (primary N) is 1. The first-order chi connectivity index (χ1) is 9.52. The number of hydrazine groups is 1. The van der Waals surface area contributed by atoms with E-state index in [1.54, 1.807) is 12.1 Å². The number of benzene rings is 2. The van der Waals surface area contributed by atoms with Gasteiger partial charge in [-0.3, -0.25) is 11.3 Å². The molecule has 0 saturated carbocycles. The molecular formula is C14H12BrClF2N2. The first kappa shape index (κ1) is 15.4. The minimum atomic E-state index is -0.922. The van der Waals surface area contributed by atoms with Crippen molar-refractivity contribution in [2.75, 3.05) is 0 Å². The van der Waals surface area contributed by atoms with Crippen LogP contribution in [0.2, 0.25) is 5.02 Å². The van der Waals surface area contributed by atoms with Gasteiger partial charge in [0, 0.05) is 5.02 Å². The summed E-state index contributed by atoms with van der Waals surface area (Å²) in [6.07, 6.45) is 0.501. The molecule has 0 amide bonds. The minimum absolute atomic E-state index is 0.0717. The van der Waals surface area contributed by atoms with E-state index in [0.717, 1.165) is 11.6 Å². The Morgan fingerprint density at radius 2 is 2.00 bits per heavy atom. The fraction of sp³-hybridized carbons (Fsp3) is 0.143. The summed E-state index contributed by atoms with van der Waals surface area (Å²) >= 11 is 8.99. The van der Waals surface area contributed by atoms with Crippen molar-refractivity contribution in [1.82, 2.24) is 5.43 Å². The zero-order valence-electron chi connectivity index (χ0n) is 10.3. The highest BCUT2D eigenvalue weighted by atomic mass is 79.9. The Kier molecular flexibility index (Phi) is 5.10. The molecule has 0 spiro atoms. The van der Waals surface area contributed by atoms with Gasteiger partial charge in [0.1, 0.15) is 0 Å². The van der Waals surface area contributed by atoms with Crippen LogP contribution in [0.4, 0.5) is 8.78 Å². The molecule has 0 bridgehead atoms. The molecule has 0 aromatic heterocycles. The molecule has 0 heterocycles. The van der Waals surface area contributed by atoms with Crippen molar-refractivity contribution >= 4 is 27.5 Å². The maximum absolute atomic E-state index is 13.6. The topological polar surface area (TPSA) is 38.0 Å². The fourth-order valence-corrected chi connectivity index (χ4v) is 2.78. The first-order valence-corrected chi connectivity index (χ1v) is 7.04. The first-order valence-electron chi connectivity index (χ1n) is 5.87. The third-order valence-electron chi connectivity index (χ3n) is 2.97. The summed E-state index contributed by atoms with van der Waals surface area (Å²) in [6, 6.07) is 9.51. The summed E-state index contributed by atoms with van der Waals surface area (Å²) in [5.74, 6) is 3.70. The van der Waals surface area contributed by atoms with Crippen LogP contribution in [0.1, 0.15) is 17.2 Å². The Hall–Kier alpha value is -1.01. The molecule has 3 N–H and O–H groups in total. The second kappa shape index (κ2) is 6.63. The molecule has 2 nitrogen and oxygen atoms in total. The standard InChI is InChI=1S/C14H12BrClF2N2/c15-13-10(4-5-11(17)14(13)18)12(20-19)7-8-2-1-3-9(16)6-8/h1-6,12,20H,7,19H2. The van der Waals surface area contributed by atoms with E-state index in [9.17, 15) is 8.78 Å². The van der Waals surface area contributed by atoms with Gasteiger partial charge in [-0.1, -0.05) is 29.8 Å². The molecular weight excluding hydrogens is 350 g/mol. The normalized spacial score (nSPS) is 12.4. The highest BCUT2D eigenvalue weighted by molar-refractivity contribution is 9.10. The van der Waals surface area contributed by atoms with E-state index in [4.69, 9.17) is 17.4 Å². The van der Waals surface area contributed by atoms with Gasteiger partial charge in [-0.2, -0.15) is 0 Å². The highest BCUT2D eigenvalue weighted by Crippen LogP contribution is 2.29. The second-order valence-electron chi connectivity index (χ2n) is 4.32. The molecule has 20 heavy (non-hydrogen) atoms. The van der Waals surface area contributed by atoms with E-state index in [2.05, 4.69) is 21.4 Å². The summed E-state index contributed by atoms with van der Waals surface area (Å²) < 4.78 is 26.8. The van der Waals surface area contributed by atoms with Gasteiger partial charge in [0.05, 0.1) is 10.5 Å². The summed E-state index contributed by atoms with van der Waals surface area (Å²) in [5, 5.41) is 0.614.